The first-order chi connectivity index (χ1) is 12.9. The molecule has 0 spiro atoms. The van der Waals surface area contributed by atoms with E-state index in [1.165, 1.54) is 12.1 Å². The first kappa shape index (κ1) is 18.6. The van der Waals surface area contributed by atoms with Crippen LogP contribution in [0.15, 0.2) is 95.1 Å². The molecule has 0 fully saturated rings. The van der Waals surface area contributed by atoms with Crippen LogP contribution in [0.25, 0.3) is 0 Å². The minimum atomic E-state index is -4.35. The molecule has 0 aliphatic carbocycles. The molecular formula is C22H17F3N2. The first-order valence-corrected chi connectivity index (χ1v) is 8.36. The Morgan fingerprint density at radius 2 is 1.11 bits per heavy atom. The van der Waals surface area contributed by atoms with Crippen molar-refractivity contribution in [2.75, 3.05) is 0 Å². The first-order valence-electron chi connectivity index (χ1n) is 8.36. The summed E-state index contributed by atoms with van der Waals surface area (Å²) in [7, 11) is 0. The quantitative estimate of drug-likeness (QED) is 0.402. The standard InChI is InChI=1S/C22H17F3N2/c1-16(17-12-14-20(15-13-17)22(23,24)25)26-27-21(18-8-4-2-5-9-18)19-10-6-3-7-11-19/h2-15H,1H3. The summed E-state index contributed by atoms with van der Waals surface area (Å²) in [6.07, 6.45) is -4.35. The van der Waals surface area contributed by atoms with E-state index in [0.29, 0.717) is 17.0 Å². The molecule has 0 bridgehead atoms. The number of alkyl halides is 3. The summed E-state index contributed by atoms with van der Waals surface area (Å²) in [4.78, 5) is 0. The van der Waals surface area contributed by atoms with Gasteiger partial charge < -0.3 is 0 Å². The van der Waals surface area contributed by atoms with Crippen LogP contribution >= 0.6 is 0 Å². The zero-order valence-electron chi connectivity index (χ0n) is 14.6. The largest absolute Gasteiger partial charge is 0.416 e. The third kappa shape index (κ3) is 4.70. The molecule has 3 rings (SSSR count). The summed E-state index contributed by atoms with van der Waals surface area (Å²) in [6.45, 7) is 1.72. The smallest absolute Gasteiger partial charge is 0.166 e. The number of rotatable bonds is 4. The lowest BCUT2D eigenvalue weighted by atomic mass is 10.0. The maximum absolute atomic E-state index is 12.7. The Morgan fingerprint density at radius 1 is 0.630 bits per heavy atom. The van der Waals surface area contributed by atoms with Gasteiger partial charge >= 0.3 is 6.18 Å². The summed E-state index contributed by atoms with van der Waals surface area (Å²) in [6, 6.07) is 24.2. The Hall–Kier alpha value is -3.21. The number of hydrogen-bond donors (Lipinski definition) is 0. The Kier molecular flexibility index (Phi) is 5.50. The molecule has 0 saturated carbocycles. The highest BCUT2D eigenvalue weighted by Crippen LogP contribution is 2.29. The van der Waals surface area contributed by atoms with Crippen LogP contribution in [-0.2, 0) is 6.18 Å². The molecule has 0 heterocycles. The SMILES string of the molecule is CC(=NN=C(c1ccccc1)c1ccccc1)c1ccc(C(F)(F)F)cc1. The van der Waals surface area contributed by atoms with Crippen molar-refractivity contribution < 1.29 is 13.2 Å². The van der Waals surface area contributed by atoms with E-state index < -0.39 is 11.7 Å². The van der Waals surface area contributed by atoms with Crippen LogP contribution in [-0.4, -0.2) is 11.4 Å². The van der Waals surface area contributed by atoms with E-state index in [9.17, 15) is 13.2 Å². The lowest BCUT2D eigenvalue weighted by molar-refractivity contribution is -0.137. The van der Waals surface area contributed by atoms with Gasteiger partial charge in [0, 0.05) is 11.1 Å². The van der Waals surface area contributed by atoms with Crippen LogP contribution in [0.3, 0.4) is 0 Å². The molecule has 0 amide bonds. The highest BCUT2D eigenvalue weighted by Gasteiger charge is 2.29. The van der Waals surface area contributed by atoms with Crippen molar-refractivity contribution >= 4 is 11.4 Å². The minimum absolute atomic E-state index is 0.535. The van der Waals surface area contributed by atoms with Crippen molar-refractivity contribution in [3.05, 3.63) is 107 Å². The zero-order valence-corrected chi connectivity index (χ0v) is 14.6. The maximum Gasteiger partial charge on any atom is 0.416 e. The van der Waals surface area contributed by atoms with E-state index in [1.807, 2.05) is 60.7 Å². The molecule has 3 aromatic rings. The summed E-state index contributed by atoms with van der Waals surface area (Å²) in [5, 5.41) is 8.66. The highest BCUT2D eigenvalue weighted by molar-refractivity contribution is 6.13. The van der Waals surface area contributed by atoms with Crippen molar-refractivity contribution in [2.45, 2.75) is 13.1 Å². The van der Waals surface area contributed by atoms with Crippen LogP contribution in [0.4, 0.5) is 13.2 Å². The average molecular weight is 366 g/mol. The fourth-order valence-corrected chi connectivity index (χ4v) is 2.56. The van der Waals surface area contributed by atoms with Gasteiger partial charge in [-0.1, -0.05) is 72.8 Å². The molecule has 0 aliphatic rings. The van der Waals surface area contributed by atoms with Gasteiger partial charge in [0.25, 0.3) is 0 Å². The summed E-state index contributed by atoms with van der Waals surface area (Å²) >= 11 is 0. The lowest BCUT2D eigenvalue weighted by Gasteiger charge is -2.08. The van der Waals surface area contributed by atoms with E-state index in [2.05, 4.69) is 10.2 Å². The van der Waals surface area contributed by atoms with Crippen LogP contribution in [0.5, 0.6) is 0 Å². The Morgan fingerprint density at radius 3 is 1.56 bits per heavy atom. The van der Waals surface area contributed by atoms with Crippen molar-refractivity contribution in [1.82, 2.24) is 0 Å². The van der Waals surface area contributed by atoms with E-state index in [4.69, 9.17) is 0 Å². The second-order valence-corrected chi connectivity index (χ2v) is 5.94. The third-order valence-corrected chi connectivity index (χ3v) is 4.02. The molecule has 136 valence electrons. The second kappa shape index (κ2) is 7.99. The van der Waals surface area contributed by atoms with Gasteiger partial charge in [0.05, 0.1) is 11.3 Å². The Balaban J connectivity index is 1.96. The van der Waals surface area contributed by atoms with Crippen molar-refractivity contribution in [3.8, 4) is 0 Å². The second-order valence-electron chi connectivity index (χ2n) is 5.94. The highest BCUT2D eigenvalue weighted by atomic mass is 19.4. The van der Waals surface area contributed by atoms with Crippen molar-refractivity contribution in [3.63, 3.8) is 0 Å². The molecule has 0 saturated heterocycles. The summed E-state index contributed by atoms with van der Waals surface area (Å²) in [5.41, 5.74) is 2.96. The topological polar surface area (TPSA) is 24.7 Å². The van der Waals surface area contributed by atoms with Crippen molar-refractivity contribution in [1.29, 1.82) is 0 Å². The number of hydrogen-bond acceptors (Lipinski definition) is 2. The Labute approximate surface area is 155 Å². The lowest BCUT2D eigenvalue weighted by Crippen LogP contribution is -2.06. The number of halogens is 3. The molecule has 0 aromatic heterocycles. The van der Waals surface area contributed by atoms with E-state index >= 15 is 0 Å². The summed E-state index contributed by atoms with van der Waals surface area (Å²) in [5.74, 6) is 0. The van der Waals surface area contributed by atoms with Gasteiger partial charge in [-0.3, -0.25) is 0 Å². The van der Waals surface area contributed by atoms with E-state index in [0.717, 1.165) is 23.3 Å². The van der Waals surface area contributed by atoms with Gasteiger partial charge in [0.1, 0.15) is 5.71 Å². The normalized spacial score (nSPS) is 11.9. The van der Waals surface area contributed by atoms with Crippen LogP contribution in [0, 0.1) is 0 Å². The van der Waals surface area contributed by atoms with E-state index in [1.54, 1.807) is 6.92 Å². The molecule has 0 unspecified atom stereocenters. The van der Waals surface area contributed by atoms with Gasteiger partial charge in [-0.25, -0.2) is 0 Å². The van der Waals surface area contributed by atoms with Gasteiger partial charge in [-0.15, -0.1) is 5.10 Å². The predicted octanol–water partition coefficient (Wildman–Crippen LogP) is 5.97. The fourth-order valence-electron chi connectivity index (χ4n) is 2.56. The van der Waals surface area contributed by atoms with Gasteiger partial charge in [0.15, 0.2) is 0 Å². The summed E-state index contributed by atoms with van der Waals surface area (Å²) < 4.78 is 38.1. The molecular weight excluding hydrogens is 349 g/mol. The molecule has 5 heteroatoms. The predicted molar refractivity (Wildman–Crippen MR) is 102 cm³/mol. The molecule has 3 aromatic carbocycles. The monoisotopic (exact) mass is 366 g/mol. The molecule has 27 heavy (non-hydrogen) atoms. The zero-order chi connectivity index (χ0) is 19.3. The average Bonchev–Trinajstić information content (AvgIpc) is 2.69. The van der Waals surface area contributed by atoms with Crippen LogP contribution < -0.4 is 0 Å². The van der Waals surface area contributed by atoms with Gasteiger partial charge in [-0.05, 0) is 24.6 Å². The van der Waals surface area contributed by atoms with Gasteiger partial charge in [0.2, 0.25) is 0 Å². The molecule has 0 atom stereocenters. The van der Waals surface area contributed by atoms with Gasteiger partial charge in [-0.2, -0.15) is 18.3 Å². The number of benzene rings is 3. The van der Waals surface area contributed by atoms with Crippen molar-refractivity contribution in [2.24, 2.45) is 10.2 Å². The molecule has 0 radical (unpaired) electrons. The molecule has 0 aliphatic heterocycles. The maximum atomic E-state index is 12.7. The van der Waals surface area contributed by atoms with Crippen LogP contribution in [0.1, 0.15) is 29.2 Å². The Bertz CT molecular complexity index is 901. The van der Waals surface area contributed by atoms with E-state index in [-0.39, 0.29) is 0 Å². The fraction of sp³-hybridized carbons (Fsp3) is 0.0909. The minimum Gasteiger partial charge on any atom is -0.166 e. The molecule has 0 N–H and O–H groups in total. The molecule has 2 nitrogen and oxygen atoms in total. The van der Waals surface area contributed by atoms with Crippen LogP contribution in [0.2, 0.25) is 0 Å². The third-order valence-electron chi connectivity index (χ3n) is 4.02. The number of nitrogens with zero attached hydrogens (tertiary/aromatic N) is 2.